The second kappa shape index (κ2) is 7.36. The summed E-state index contributed by atoms with van der Waals surface area (Å²) >= 11 is 6.16. The fourth-order valence-corrected chi connectivity index (χ4v) is 1.87. The van der Waals surface area contributed by atoms with E-state index in [1.54, 1.807) is 32.4 Å². The third-order valence-corrected chi connectivity index (χ3v) is 3.28. The lowest BCUT2D eigenvalue weighted by Crippen LogP contribution is -2.30. The Morgan fingerprint density at radius 1 is 1.42 bits per heavy atom. The van der Waals surface area contributed by atoms with Crippen LogP contribution in [0.5, 0.6) is 0 Å². The number of halogens is 1. The normalized spacial score (nSPS) is 12.3. The van der Waals surface area contributed by atoms with E-state index in [4.69, 9.17) is 16.3 Å². The molecule has 1 amide bonds. The summed E-state index contributed by atoms with van der Waals surface area (Å²) in [5.74, 6) is 0.257. The Hall–Kier alpha value is -1.26. The van der Waals surface area contributed by atoms with Gasteiger partial charge in [0.25, 0.3) is 5.91 Å². The van der Waals surface area contributed by atoms with Gasteiger partial charge in [0.15, 0.2) is 0 Å². The number of hydrogen-bond donors (Lipinski definition) is 2. The maximum absolute atomic E-state index is 11.6. The molecular formula is C14H21ClN2O2. The molecule has 1 aromatic carbocycles. The highest BCUT2D eigenvalue weighted by Crippen LogP contribution is 2.25. The first-order valence-electron chi connectivity index (χ1n) is 6.26. The molecule has 106 valence electrons. The van der Waals surface area contributed by atoms with E-state index in [-0.39, 0.29) is 11.9 Å². The van der Waals surface area contributed by atoms with Gasteiger partial charge in [-0.15, -0.1) is 0 Å². The van der Waals surface area contributed by atoms with Gasteiger partial charge in [-0.25, -0.2) is 0 Å². The molecule has 0 radical (unpaired) electrons. The highest BCUT2D eigenvalue weighted by Gasteiger charge is 2.15. The molecular weight excluding hydrogens is 264 g/mol. The van der Waals surface area contributed by atoms with Gasteiger partial charge in [0.2, 0.25) is 0 Å². The van der Waals surface area contributed by atoms with Crippen LogP contribution in [0.15, 0.2) is 18.2 Å². The molecule has 1 rings (SSSR count). The summed E-state index contributed by atoms with van der Waals surface area (Å²) in [5, 5.41) is 6.52. The summed E-state index contributed by atoms with van der Waals surface area (Å²) in [6.45, 7) is 4.79. The Morgan fingerprint density at radius 3 is 2.63 bits per heavy atom. The quantitative estimate of drug-likeness (QED) is 0.844. The molecule has 0 saturated carbocycles. The van der Waals surface area contributed by atoms with Crippen molar-refractivity contribution in [2.75, 3.05) is 26.1 Å². The number of ether oxygens (including phenoxy) is 1. The number of benzene rings is 1. The van der Waals surface area contributed by atoms with Crippen LogP contribution in [0.1, 0.15) is 24.2 Å². The molecule has 1 atom stereocenters. The van der Waals surface area contributed by atoms with Gasteiger partial charge in [-0.2, -0.15) is 0 Å². The molecule has 5 heteroatoms. The molecule has 19 heavy (non-hydrogen) atoms. The van der Waals surface area contributed by atoms with E-state index in [1.165, 1.54) is 0 Å². The van der Waals surface area contributed by atoms with E-state index in [0.717, 1.165) is 5.69 Å². The van der Waals surface area contributed by atoms with Crippen LogP contribution in [-0.4, -0.2) is 32.7 Å². The Labute approximate surface area is 119 Å². The van der Waals surface area contributed by atoms with Gasteiger partial charge in [-0.1, -0.05) is 25.4 Å². The van der Waals surface area contributed by atoms with Crippen LogP contribution in [0.2, 0.25) is 5.02 Å². The van der Waals surface area contributed by atoms with Gasteiger partial charge in [0.05, 0.1) is 23.4 Å². The molecule has 0 spiro atoms. The summed E-state index contributed by atoms with van der Waals surface area (Å²) in [7, 11) is 3.27. The van der Waals surface area contributed by atoms with E-state index in [1.807, 2.05) is 0 Å². The Bertz CT molecular complexity index is 435. The molecule has 1 unspecified atom stereocenters. The lowest BCUT2D eigenvalue weighted by atomic mass is 10.0. The second-order valence-corrected chi connectivity index (χ2v) is 5.13. The van der Waals surface area contributed by atoms with Gasteiger partial charge in [-0.3, -0.25) is 4.79 Å². The van der Waals surface area contributed by atoms with Crippen molar-refractivity contribution in [3.05, 3.63) is 28.8 Å². The second-order valence-electron chi connectivity index (χ2n) is 4.72. The lowest BCUT2D eigenvalue weighted by Gasteiger charge is -2.23. The topological polar surface area (TPSA) is 50.4 Å². The number of rotatable bonds is 6. The minimum absolute atomic E-state index is 0.132. The first-order valence-corrected chi connectivity index (χ1v) is 6.64. The van der Waals surface area contributed by atoms with Crippen molar-refractivity contribution in [3.8, 4) is 0 Å². The predicted molar refractivity (Wildman–Crippen MR) is 79.0 cm³/mol. The molecule has 0 aliphatic rings. The third kappa shape index (κ3) is 4.40. The molecule has 0 saturated heterocycles. The average molecular weight is 285 g/mol. The highest BCUT2D eigenvalue weighted by atomic mass is 35.5. The van der Waals surface area contributed by atoms with Crippen molar-refractivity contribution in [2.24, 2.45) is 5.92 Å². The van der Waals surface area contributed by atoms with Crippen LogP contribution < -0.4 is 10.6 Å². The fraction of sp³-hybridized carbons (Fsp3) is 0.500. The molecule has 0 aromatic heterocycles. The Kier molecular flexibility index (Phi) is 6.12. The van der Waals surface area contributed by atoms with Gasteiger partial charge >= 0.3 is 0 Å². The SMILES string of the molecule is CNC(=O)c1ccc(Cl)c(NC(COC)C(C)C)c1. The number of carbonyl (C=O) groups is 1. The van der Waals surface area contributed by atoms with E-state index in [9.17, 15) is 4.79 Å². The predicted octanol–water partition coefficient (Wildman–Crippen LogP) is 2.78. The van der Waals surface area contributed by atoms with Crippen LogP contribution in [0.4, 0.5) is 5.69 Å². The van der Waals surface area contributed by atoms with Crippen LogP contribution >= 0.6 is 11.6 Å². The average Bonchev–Trinajstić information content (AvgIpc) is 2.39. The molecule has 0 bridgehead atoms. The smallest absolute Gasteiger partial charge is 0.251 e. The molecule has 0 aliphatic heterocycles. The standard InChI is InChI=1S/C14H21ClN2O2/c1-9(2)13(8-19-4)17-12-7-10(14(18)16-3)5-6-11(12)15/h5-7,9,13,17H,8H2,1-4H3,(H,16,18). The van der Waals surface area contributed by atoms with E-state index >= 15 is 0 Å². The molecule has 4 nitrogen and oxygen atoms in total. The summed E-state index contributed by atoms with van der Waals surface area (Å²) in [6.07, 6.45) is 0. The summed E-state index contributed by atoms with van der Waals surface area (Å²) < 4.78 is 5.19. The number of nitrogens with one attached hydrogen (secondary N) is 2. The van der Waals surface area contributed by atoms with E-state index < -0.39 is 0 Å². The van der Waals surface area contributed by atoms with Crippen molar-refractivity contribution < 1.29 is 9.53 Å². The third-order valence-electron chi connectivity index (χ3n) is 2.95. The fourth-order valence-electron chi connectivity index (χ4n) is 1.70. The van der Waals surface area contributed by atoms with Crippen molar-refractivity contribution >= 4 is 23.2 Å². The van der Waals surface area contributed by atoms with Gasteiger partial charge in [-0.05, 0) is 24.1 Å². The zero-order valence-corrected chi connectivity index (χ0v) is 12.5. The Balaban J connectivity index is 2.95. The monoisotopic (exact) mass is 284 g/mol. The van der Waals surface area contributed by atoms with Crippen LogP contribution in [0.25, 0.3) is 0 Å². The molecule has 0 fully saturated rings. The molecule has 1 aromatic rings. The molecule has 0 aliphatic carbocycles. The minimum atomic E-state index is -0.132. The van der Waals surface area contributed by atoms with Crippen LogP contribution in [-0.2, 0) is 4.74 Å². The minimum Gasteiger partial charge on any atom is -0.383 e. The molecule has 2 N–H and O–H groups in total. The first-order chi connectivity index (χ1) is 8.99. The number of methoxy groups -OCH3 is 1. The van der Waals surface area contributed by atoms with Crippen molar-refractivity contribution in [1.29, 1.82) is 0 Å². The van der Waals surface area contributed by atoms with Gasteiger partial charge in [0, 0.05) is 19.7 Å². The van der Waals surface area contributed by atoms with Crippen LogP contribution in [0, 0.1) is 5.92 Å². The van der Waals surface area contributed by atoms with E-state index in [2.05, 4.69) is 24.5 Å². The number of anilines is 1. The zero-order chi connectivity index (χ0) is 14.4. The lowest BCUT2D eigenvalue weighted by molar-refractivity contribution is 0.0963. The largest absolute Gasteiger partial charge is 0.383 e. The van der Waals surface area contributed by atoms with Crippen molar-refractivity contribution in [1.82, 2.24) is 5.32 Å². The number of carbonyl (C=O) groups excluding carboxylic acids is 1. The maximum Gasteiger partial charge on any atom is 0.251 e. The highest BCUT2D eigenvalue weighted by molar-refractivity contribution is 6.33. The van der Waals surface area contributed by atoms with E-state index in [0.29, 0.717) is 23.1 Å². The van der Waals surface area contributed by atoms with Crippen molar-refractivity contribution in [2.45, 2.75) is 19.9 Å². The summed E-state index contributed by atoms with van der Waals surface area (Å²) in [4.78, 5) is 11.6. The van der Waals surface area contributed by atoms with Crippen LogP contribution in [0.3, 0.4) is 0 Å². The zero-order valence-electron chi connectivity index (χ0n) is 11.8. The van der Waals surface area contributed by atoms with Gasteiger partial charge < -0.3 is 15.4 Å². The Morgan fingerprint density at radius 2 is 2.11 bits per heavy atom. The van der Waals surface area contributed by atoms with Gasteiger partial charge in [0.1, 0.15) is 0 Å². The first kappa shape index (κ1) is 15.8. The summed E-state index contributed by atoms with van der Waals surface area (Å²) in [6, 6.07) is 5.32. The van der Waals surface area contributed by atoms with Crippen molar-refractivity contribution in [3.63, 3.8) is 0 Å². The number of amides is 1. The number of hydrogen-bond acceptors (Lipinski definition) is 3. The maximum atomic E-state index is 11.6. The molecule has 0 heterocycles. The summed E-state index contributed by atoms with van der Waals surface area (Å²) in [5.41, 5.74) is 1.33.